The molecule has 3 aromatic rings. The van der Waals surface area contributed by atoms with Crippen molar-refractivity contribution < 1.29 is 9.21 Å². The number of amides is 1. The molecule has 7 nitrogen and oxygen atoms in total. The van der Waals surface area contributed by atoms with Gasteiger partial charge in [-0.25, -0.2) is 4.98 Å². The molecule has 0 bridgehead atoms. The molecule has 1 aliphatic carbocycles. The molecule has 0 unspecified atom stereocenters. The molecule has 4 rings (SSSR count). The summed E-state index contributed by atoms with van der Waals surface area (Å²) in [6, 6.07) is 10.5. The number of thioether (sulfide) groups is 1. The summed E-state index contributed by atoms with van der Waals surface area (Å²) < 4.78 is 7.63. The van der Waals surface area contributed by atoms with Gasteiger partial charge in [-0.3, -0.25) is 4.79 Å². The van der Waals surface area contributed by atoms with Crippen molar-refractivity contribution in [1.29, 1.82) is 0 Å². The van der Waals surface area contributed by atoms with Crippen LogP contribution in [0.2, 0.25) is 0 Å². The summed E-state index contributed by atoms with van der Waals surface area (Å²) in [5.74, 6) is 0.659. The van der Waals surface area contributed by atoms with Crippen LogP contribution in [0.15, 0.2) is 52.5 Å². The maximum absolute atomic E-state index is 12.1. The first kappa shape index (κ1) is 18.7. The van der Waals surface area contributed by atoms with Gasteiger partial charge in [0.1, 0.15) is 5.69 Å². The minimum Gasteiger partial charge on any atom is -0.410 e. The molecular formula is C20H23N5O2S. The number of imidazole rings is 1. The predicted molar refractivity (Wildman–Crippen MR) is 107 cm³/mol. The molecule has 0 radical (unpaired) electrons. The van der Waals surface area contributed by atoms with Crippen molar-refractivity contribution in [3.8, 4) is 11.6 Å². The summed E-state index contributed by atoms with van der Waals surface area (Å²) in [6.45, 7) is 0.727. The first-order valence-corrected chi connectivity index (χ1v) is 10.6. The second-order valence-corrected chi connectivity index (χ2v) is 7.91. The Bertz CT molecular complexity index is 902. The summed E-state index contributed by atoms with van der Waals surface area (Å²) >= 11 is 1.26. The number of nitrogens with zero attached hydrogens (tertiary/aromatic N) is 4. The molecule has 1 aliphatic rings. The van der Waals surface area contributed by atoms with E-state index >= 15 is 0 Å². The minimum atomic E-state index is 0.0174. The number of carbonyl (C=O) groups excluding carboxylic acids is 1. The summed E-state index contributed by atoms with van der Waals surface area (Å²) in [4.78, 5) is 16.4. The molecule has 1 saturated carbocycles. The molecule has 1 fully saturated rings. The molecule has 28 heavy (non-hydrogen) atoms. The summed E-state index contributed by atoms with van der Waals surface area (Å²) in [6.07, 6.45) is 9.44. The summed E-state index contributed by atoms with van der Waals surface area (Å²) in [5.41, 5.74) is 1.82. The Labute approximate surface area is 167 Å². The fraction of sp³-hybridized carbons (Fsp3) is 0.400. The maximum atomic E-state index is 12.1. The van der Waals surface area contributed by atoms with E-state index in [1.807, 2.05) is 29.0 Å². The van der Waals surface area contributed by atoms with Crippen LogP contribution in [-0.4, -0.2) is 37.5 Å². The largest absolute Gasteiger partial charge is 0.410 e. The average Bonchev–Trinajstić information content (AvgIpc) is 3.37. The van der Waals surface area contributed by atoms with Crippen molar-refractivity contribution in [2.45, 2.75) is 49.9 Å². The molecule has 146 valence electrons. The lowest BCUT2D eigenvalue weighted by Crippen LogP contribution is -2.37. The van der Waals surface area contributed by atoms with Gasteiger partial charge in [0, 0.05) is 18.8 Å². The molecule has 0 atom stereocenters. The monoisotopic (exact) mass is 397 g/mol. The van der Waals surface area contributed by atoms with Crippen molar-refractivity contribution in [2.24, 2.45) is 0 Å². The molecule has 0 aliphatic heterocycles. The van der Waals surface area contributed by atoms with Crippen molar-refractivity contribution in [1.82, 2.24) is 25.1 Å². The molecular weight excluding hydrogens is 374 g/mol. The van der Waals surface area contributed by atoms with Gasteiger partial charge in [0.15, 0.2) is 0 Å². The number of aromatic nitrogens is 4. The Morgan fingerprint density at radius 2 is 2.00 bits per heavy atom. The lowest BCUT2D eigenvalue weighted by molar-refractivity contribution is -0.119. The van der Waals surface area contributed by atoms with E-state index in [4.69, 9.17) is 4.42 Å². The molecule has 1 aromatic carbocycles. The molecule has 1 amide bonds. The van der Waals surface area contributed by atoms with Crippen LogP contribution in [0, 0.1) is 0 Å². The number of rotatable bonds is 7. The van der Waals surface area contributed by atoms with E-state index in [1.165, 1.54) is 36.6 Å². The van der Waals surface area contributed by atoms with Crippen LogP contribution >= 0.6 is 11.8 Å². The van der Waals surface area contributed by atoms with Crippen LogP contribution in [0.5, 0.6) is 0 Å². The van der Waals surface area contributed by atoms with Crippen LogP contribution in [-0.2, 0) is 11.3 Å². The normalized spacial score (nSPS) is 14.9. The SMILES string of the molecule is O=C(CSc1nnc(-c2cn(Cc3ccccc3)cn2)o1)NC1CCCCC1. The minimum absolute atomic E-state index is 0.0174. The zero-order valence-corrected chi connectivity index (χ0v) is 16.4. The van der Waals surface area contributed by atoms with E-state index in [9.17, 15) is 4.79 Å². The third-order valence-electron chi connectivity index (χ3n) is 4.76. The zero-order valence-electron chi connectivity index (χ0n) is 15.6. The highest BCUT2D eigenvalue weighted by Gasteiger charge is 2.17. The van der Waals surface area contributed by atoms with Gasteiger partial charge in [-0.2, -0.15) is 0 Å². The maximum Gasteiger partial charge on any atom is 0.277 e. The molecule has 0 saturated heterocycles. The quantitative estimate of drug-likeness (QED) is 0.614. The van der Waals surface area contributed by atoms with E-state index in [-0.39, 0.29) is 11.7 Å². The number of benzene rings is 1. The van der Waals surface area contributed by atoms with Gasteiger partial charge >= 0.3 is 0 Å². The Morgan fingerprint density at radius 1 is 1.18 bits per heavy atom. The lowest BCUT2D eigenvalue weighted by atomic mass is 9.95. The number of hydrogen-bond donors (Lipinski definition) is 1. The van der Waals surface area contributed by atoms with E-state index in [0.29, 0.717) is 22.8 Å². The van der Waals surface area contributed by atoms with Gasteiger partial charge < -0.3 is 14.3 Å². The second-order valence-electron chi connectivity index (χ2n) is 6.98. The highest BCUT2D eigenvalue weighted by molar-refractivity contribution is 7.99. The third-order valence-corrected chi connectivity index (χ3v) is 5.58. The Morgan fingerprint density at radius 3 is 2.82 bits per heavy atom. The lowest BCUT2D eigenvalue weighted by Gasteiger charge is -2.22. The third kappa shape index (κ3) is 5.01. The smallest absolute Gasteiger partial charge is 0.277 e. The van der Waals surface area contributed by atoms with Crippen LogP contribution < -0.4 is 5.32 Å². The first-order chi connectivity index (χ1) is 13.8. The Balaban J connectivity index is 1.30. The van der Waals surface area contributed by atoms with Gasteiger partial charge in [-0.1, -0.05) is 61.4 Å². The van der Waals surface area contributed by atoms with E-state index < -0.39 is 0 Å². The van der Waals surface area contributed by atoms with Crippen molar-refractivity contribution in [3.05, 3.63) is 48.4 Å². The standard InChI is InChI=1S/C20H23N5O2S/c26-18(22-16-9-5-2-6-10-16)13-28-20-24-23-19(27-20)17-12-25(14-21-17)11-15-7-3-1-4-8-15/h1,3-4,7-8,12,14,16H,2,5-6,9-11,13H2,(H,22,26). The van der Waals surface area contributed by atoms with Crippen molar-refractivity contribution in [2.75, 3.05) is 5.75 Å². The summed E-state index contributed by atoms with van der Waals surface area (Å²) in [7, 11) is 0. The zero-order chi connectivity index (χ0) is 19.2. The fourth-order valence-corrected chi connectivity index (χ4v) is 3.94. The van der Waals surface area contributed by atoms with Crippen molar-refractivity contribution >= 4 is 17.7 Å². The van der Waals surface area contributed by atoms with E-state index in [1.54, 1.807) is 6.33 Å². The van der Waals surface area contributed by atoms with Crippen LogP contribution in [0.4, 0.5) is 0 Å². The Kier molecular flexibility index (Phi) is 6.06. The summed E-state index contributed by atoms with van der Waals surface area (Å²) in [5, 5.41) is 11.5. The predicted octanol–water partition coefficient (Wildman–Crippen LogP) is 3.52. The van der Waals surface area contributed by atoms with E-state index in [0.717, 1.165) is 19.4 Å². The average molecular weight is 398 g/mol. The highest BCUT2D eigenvalue weighted by Crippen LogP contribution is 2.22. The molecule has 1 N–H and O–H groups in total. The number of hydrogen-bond acceptors (Lipinski definition) is 6. The fourth-order valence-electron chi connectivity index (χ4n) is 3.37. The van der Waals surface area contributed by atoms with Crippen molar-refractivity contribution in [3.63, 3.8) is 0 Å². The van der Waals surface area contributed by atoms with Gasteiger partial charge in [-0.05, 0) is 18.4 Å². The number of carbonyl (C=O) groups is 1. The first-order valence-electron chi connectivity index (χ1n) is 9.58. The molecule has 0 spiro atoms. The van der Waals surface area contributed by atoms with Crippen LogP contribution in [0.3, 0.4) is 0 Å². The van der Waals surface area contributed by atoms with Crippen LogP contribution in [0.1, 0.15) is 37.7 Å². The van der Waals surface area contributed by atoms with Gasteiger partial charge in [0.05, 0.1) is 12.1 Å². The van der Waals surface area contributed by atoms with Crippen LogP contribution in [0.25, 0.3) is 11.6 Å². The van der Waals surface area contributed by atoms with Gasteiger partial charge in [-0.15, -0.1) is 10.2 Å². The van der Waals surface area contributed by atoms with Gasteiger partial charge in [0.2, 0.25) is 5.91 Å². The molecule has 2 heterocycles. The number of nitrogens with one attached hydrogen (secondary N) is 1. The topological polar surface area (TPSA) is 85.8 Å². The second kappa shape index (κ2) is 9.05. The molecule has 2 aromatic heterocycles. The van der Waals surface area contributed by atoms with Gasteiger partial charge in [0.25, 0.3) is 11.1 Å². The molecule has 8 heteroatoms. The highest BCUT2D eigenvalue weighted by atomic mass is 32.2. The Hall–Kier alpha value is -2.61. The van der Waals surface area contributed by atoms with E-state index in [2.05, 4.69) is 32.6 Å².